The summed E-state index contributed by atoms with van der Waals surface area (Å²) in [6.45, 7) is 4.47. The molecule has 1 aliphatic carbocycles. The topological polar surface area (TPSA) is 24.1 Å². The summed E-state index contributed by atoms with van der Waals surface area (Å²) in [5.74, 6) is 0.307. The van der Waals surface area contributed by atoms with E-state index in [2.05, 4.69) is 24.5 Å². The van der Waals surface area contributed by atoms with Crippen molar-refractivity contribution >= 4 is 23.0 Å². The van der Waals surface area contributed by atoms with E-state index in [1.807, 2.05) is 0 Å². The van der Waals surface area contributed by atoms with Crippen LogP contribution in [0.2, 0.25) is 0 Å². The molecular formula is C15H21FN2S. The number of halogens is 1. The van der Waals surface area contributed by atoms with Crippen LogP contribution in [0, 0.1) is 11.7 Å². The van der Waals surface area contributed by atoms with Crippen LogP contribution in [-0.2, 0) is 0 Å². The molecule has 1 aromatic rings. The summed E-state index contributed by atoms with van der Waals surface area (Å²) in [5, 5.41) is 7.24. The third-order valence-electron chi connectivity index (χ3n) is 4.07. The highest BCUT2D eigenvalue weighted by Crippen LogP contribution is 2.35. The SMILES string of the molecule is CC(C)C1(NC(=S)Nc2ccc(F)cc2)CCCC1. The van der Waals surface area contributed by atoms with Crippen LogP contribution in [0.3, 0.4) is 0 Å². The van der Waals surface area contributed by atoms with E-state index in [0.717, 1.165) is 18.5 Å². The van der Waals surface area contributed by atoms with Crippen molar-refractivity contribution < 1.29 is 4.39 Å². The zero-order valence-corrected chi connectivity index (χ0v) is 12.3. The van der Waals surface area contributed by atoms with Gasteiger partial charge in [0.2, 0.25) is 0 Å². The molecule has 2 N–H and O–H groups in total. The number of thiocarbonyl (C=S) groups is 1. The lowest BCUT2D eigenvalue weighted by atomic mass is 9.85. The summed E-state index contributed by atoms with van der Waals surface area (Å²) in [6, 6.07) is 6.25. The van der Waals surface area contributed by atoms with Crippen LogP contribution >= 0.6 is 12.2 Å². The Morgan fingerprint density at radius 3 is 2.32 bits per heavy atom. The second kappa shape index (κ2) is 5.87. The van der Waals surface area contributed by atoms with E-state index in [0.29, 0.717) is 11.0 Å². The lowest BCUT2D eigenvalue weighted by Crippen LogP contribution is -2.51. The van der Waals surface area contributed by atoms with Gasteiger partial charge in [-0.05, 0) is 55.2 Å². The molecule has 0 radical (unpaired) electrons. The van der Waals surface area contributed by atoms with Crippen molar-refractivity contribution in [3.63, 3.8) is 0 Å². The number of benzene rings is 1. The van der Waals surface area contributed by atoms with Crippen LogP contribution in [0.15, 0.2) is 24.3 Å². The van der Waals surface area contributed by atoms with Crippen molar-refractivity contribution in [3.05, 3.63) is 30.1 Å². The molecule has 2 rings (SSSR count). The van der Waals surface area contributed by atoms with Crippen molar-refractivity contribution in [2.75, 3.05) is 5.32 Å². The summed E-state index contributed by atoms with van der Waals surface area (Å²) in [5.41, 5.74) is 0.931. The molecule has 0 spiro atoms. The second-order valence-corrected chi connectivity index (χ2v) is 6.01. The zero-order chi connectivity index (χ0) is 13.9. The van der Waals surface area contributed by atoms with Crippen molar-refractivity contribution in [1.29, 1.82) is 0 Å². The molecule has 2 nitrogen and oxygen atoms in total. The molecule has 4 heteroatoms. The lowest BCUT2D eigenvalue weighted by molar-refractivity contribution is 0.283. The fraction of sp³-hybridized carbons (Fsp3) is 0.533. The van der Waals surface area contributed by atoms with Gasteiger partial charge in [0.1, 0.15) is 5.82 Å². The maximum absolute atomic E-state index is 12.8. The molecule has 1 saturated carbocycles. The Kier molecular flexibility index (Phi) is 4.40. The molecule has 1 fully saturated rings. The summed E-state index contributed by atoms with van der Waals surface area (Å²) in [4.78, 5) is 0. The molecule has 0 saturated heterocycles. The summed E-state index contributed by atoms with van der Waals surface area (Å²) in [6.07, 6.45) is 4.83. The molecule has 19 heavy (non-hydrogen) atoms. The first kappa shape index (κ1) is 14.3. The average Bonchev–Trinajstić information content (AvgIpc) is 2.82. The van der Waals surface area contributed by atoms with E-state index in [1.54, 1.807) is 12.1 Å². The molecule has 0 aliphatic heterocycles. The standard InChI is InChI=1S/C15H21FN2S/c1-11(2)15(9-3-4-10-15)18-14(19)17-13-7-5-12(16)6-8-13/h5-8,11H,3-4,9-10H2,1-2H3,(H2,17,18,19). The first-order valence-electron chi connectivity index (χ1n) is 6.86. The highest BCUT2D eigenvalue weighted by molar-refractivity contribution is 7.80. The number of hydrogen-bond acceptors (Lipinski definition) is 1. The Hall–Kier alpha value is -1.16. The van der Waals surface area contributed by atoms with E-state index >= 15 is 0 Å². The van der Waals surface area contributed by atoms with Crippen molar-refractivity contribution in [3.8, 4) is 0 Å². The van der Waals surface area contributed by atoms with Gasteiger partial charge in [0.15, 0.2) is 5.11 Å². The van der Waals surface area contributed by atoms with Gasteiger partial charge in [0.05, 0.1) is 0 Å². The number of hydrogen-bond donors (Lipinski definition) is 2. The van der Waals surface area contributed by atoms with Gasteiger partial charge < -0.3 is 10.6 Å². The fourth-order valence-corrected chi connectivity index (χ4v) is 3.10. The van der Waals surface area contributed by atoms with Gasteiger partial charge in [-0.3, -0.25) is 0 Å². The minimum absolute atomic E-state index is 0.115. The van der Waals surface area contributed by atoms with E-state index in [9.17, 15) is 4.39 Å². The predicted molar refractivity (Wildman–Crippen MR) is 81.8 cm³/mol. The zero-order valence-electron chi connectivity index (χ0n) is 11.5. The maximum Gasteiger partial charge on any atom is 0.171 e. The minimum atomic E-state index is -0.237. The lowest BCUT2D eigenvalue weighted by Gasteiger charge is -2.35. The Morgan fingerprint density at radius 1 is 1.21 bits per heavy atom. The van der Waals surface area contributed by atoms with E-state index in [1.165, 1.54) is 25.0 Å². The van der Waals surface area contributed by atoms with E-state index < -0.39 is 0 Å². The molecule has 0 amide bonds. The van der Waals surface area contributed by atoms with E-state index in [4.69, 9.17) is 12.2 Å². The summed E-state index contributed by atoms with van der Waals surface area (Å²) < 4.78 is 12.8. The monoisotopic (exact) mass is 280 g/mol. The molecule has 104 valence electrons. The Bertz CT molecular complexity index is 436. The number of anilines is 1. The average molecular weight is 280 g/mol. The van der Waals surface area contributed by atoms with Crippen LogP contribution < -0.4 is 10.6 Å². The highest BCUT2D eigenvalue weighted by atomic mass is 32.1. The largest absolute Gasteiger partial charge is 0.357 e. The fourth-order valence-electron chi connectivity index (χ4n) is 2.77. The van der Waals surface area contributed by atoms with Crippen molar-refractivity contribution in [2.45, 2.75) is 45.1 Å². The van der Waals surface area contributed by atoms with Crippen molar-refractivity contribution in [1.82, 2.24) is 5.32 Å². The van der Waals surface area contributed by atoms with Crippen LogP contribution in [0.25, 0.3) is 0 Å². The van der Waals surface area contributed by atoms with Gasteiger partial charge in [-0.25, -0.2) is 4.39 Å². The summed E-state index contributed by atoms with van der Waals surface area (Å²) >= 11 is 5.38. The Morgan fingerprint density at radius 2 is 1.79 bits per heavy atom. The van der Waals surface area contributed by atoms with Gasteiger partial charge in [-0.2, -0.15) is 0 Å². The van der Waals surface area contributed by atoms with E-state index in [-0.39, 0.29) is 11.4 Å². The quantitative estimate of drug-likeness (QED) is 0.816. The number of rotatable bonds is 3. The summed E-state index contributed by atoms with van der Waals surface area (Å²) in [7, 11) is 0. The predicted octanol–water partition coefficient (Wildman–Crippen LogP) is 4.08. The maximum atomic E-state index is 12.8. The normalized spacial score (nSPS) is 17.5. The first-order chi connectivity index (χ1) is 9.02. The van der Waals surface area contributed by atoms with Crippen LogP contribution in [0.1, 0.15) is 39.5 Å². The Labute approximate surface area is 119 Å². The highest BCUT2D eigenvalue weighted by Gasteiger charge is 2.37. The Balaban J connectivity index is 1.98. The van der Waals surface area contributed by atoms with Gasteiger partial charge in [0, 0.05) is 11.2 Å². The van der Waals surface area contributed by atoms with Gasteiger partial charge in [-0.15, -0.1) is 0 Å². The molecule has 0 atom stereocenters. The molecule has 0 bridgehead atoms. The molecular weight excluding hydrogens is 259 g/mol. The van der Waals surface area contributed by atoms with Crippen LogP contribution in [0.5, 0.6) is 0 Å². The molecule has 1 aromatic carbocycles. The third kappa shape index (κ3) is 3.44. The molecule has 0 unspecified atom stereocenters. The molecule has 0 aromatic heterocycles. The van der Waals surface area contributed by atoms with Gasteiger partial charge in [-0.1, -0.05) is 26.7 Å². The minimum Gasteiger partial charge on any atom is -0.357 e. The number of nitrogens with one attached hydrogen (secondary N) is 2. The molecule has 0 heterocycles. The van der Waals surface area contributed by atoms with Crippen molar-refractivity contribution in [2.24, 2.45) is 5.92 Å². The smallest absolute Gasteiger partial charge is 0.171 e. The van der Waals surface area contributed by atoms with Gasteiger partial charge in [0.25, 0.3) is 0 Å². The van der Waals surface area contributed by atoms with Crippen LogP contribution in [0.4, 0.5) is 10.1 Å². The second-order valence-electron chi connectivity index (χ2n) is 5.60. The molecule has 1 aliphatic rings. The third-order valence-corrected chi connectivity index (χ3v) is 4.27. The van der Waals surface area contributed by atoms with Gasteiger partial charge >= 0.3 is 0 Å². The first-order valence-corrected chi connectivity index (χ1v) is 7.27. The van der Waals surface area contributed by atoms with Crippen LogP contribution in [-0.4, -0.2) is 10.7 Å².